The molecule has 6 heteroatoms. The third-order valence-corrected chi connectivity index (χ3v) is 3.98. The van der Waals surface area contributed by atoms with E-state index in [0.29, 0.717) is 48.6 Å². The maximum Gasteiger partial charge on any atom is 0.197 e. The summed E-state index contributed by atoms with van der Waals surface area (Å²) in [5, 5.41) is 1.19. The van der Waals surface area contributed by atoms with Crippen molar-refractivity contribution in [1.29, 1.82) is 0 Å². The van der Waals surface area contributed by atoms with Gasteiger partial charge in [-0.2, -0.15) is 0 Å². The normalized spacial score (nSPS) is 11.1. The lowest BCUT2D eigenvalue weighted by Gasteiger charge is -2.09. The Balaban J connectivity index is 1.97. The van der Waals surface area contributed by atoms with Gasteiger partial charge in [0.05, 0.1) is 24.2 Å². The van der Waals surface area contributed by atoms with E-state index in [-0.39, 0.29) is 5.43 Å². The number of nitrogens with one attached hydrogen (secondary N) is 1. The molecule has 132 valence electrons. The Morgan fingerprint density at radius 2 is 1.28 bits per heavy atom. The van der Waals surface area contributed by atoms with E-state index in [1.807, 2.05) is 24.3 Å². The SMILES string of the molecule is NCCCOc1ccc2[nH]c3ccc(OCCCN)cc3c(=O)c2c1. The lowest BCUT2D eigenvalue weighted by atomic mass is 10.1. The van der Waals surface area contributed by atoms with Crippen molar-refractivity contribution in [2.45, 2.75) is 12.8 Å². The predicted octanol–water partition coefficient (Wildman–Crippen LogP) is 2.14. The maximum atomic E-state index is 12.9. The van der Waals surface area contributed by atoms with Gasteiger partial charge in [0.2, 0.25) is 0 Å². The number of hydrogen-bond acceptors (Lipinski definition) is 5. The molecule has 6 nitrogen and oxygen atoms in total. The van der Waals surface area contributed by atoms with E-state index in [1.165, 1.54) is 0 Å². The molecule has 0 unspecified atom stereocenters. The van der Waals surface area contributed by atoms with Gasteiger partial charge in [0.1, 0.15) is 11.5 Å². The summed E-state index contributed by atoms with van der Waals surface area (Å²) >= 11 is 0. The minimum absolute atomic E-state index is 0.0442. The first-order chi connectivity index (χ1) is 12.2. The molecule has 0 atom stereocenters. The molecule has 3 aromatic rings. The van der Waals surface area contributed by atoms with Gasteiger partial charge in [0.25, 0.3) is 0 Å². The molecule has 1 heterocycles. The summed E-state index contributed by atoms with van der Waals surface area (Å²) in [5.74, 6) is 1.34. The Kier molecular flexibility index (Phi) is 5.53. The van der Waals surface area contributed by atoms with Gasteiger partial charge in [0.15, 0.2) is 5.43 Å². The topological polar surface area (TPSA) is 103 Å². The number of H-pyrrole nitrogens is 1. The first-order valence-electron chi connectivity index (χ1n) is 8.48. The van der Waals surface area contributed by atoms with Crippen LogP contribution in [0.15, 0.2) is 41.2 Å². The molecule has 1 aromatic heterocycles. The molecule has 0 aliphatic carbocycles. The average molecular weight is 341 g/mol. The lowest BCUT2D eigenvalue weighted by molar-refractivity contribution is 0.314. The highest BCUT2D eigenvalue weighted by atomic mass is 16.5. The van der Waals surface area contributed by atoms with Crippen molar-refractivity contribution in [3.05, 3.63) is 46.6 Å². The first kappa shape index (κ1) is 17.3. The van der Waals surface area contributed by atoms with Gasteiger partial charge in [-0.05, 0) is 62.3 Å². The van der Waals surface area contributed by atoms with Gasteiger partial charge in [-0.3, -0.25) is 4.79 Å². The van der Waals surface area contributed by atoms with E-state index >= 15 is 0 Å². The Labute approximate surface area is 145 Å². The molecule has 0 saturated heterocycles. The molecule has 5 N–H and O–H groups in total. The molecular formula is C19H23N3O3. The fourth-order valence-corrected chi connectivity index (χ4v) is 2.66. The van der Waals surface area contributed by atoms with E-state index in [4.69, 9.17) is 20.9 Å². The van der Waals surface area contributed by atoms with Crippen molar-refractivity contribution in [3.63, 3.8) is 0 Å². The van der Waals surface area contributed by atoms with Crippen LogP contribution in [0.2, 0.25) is 0 Å². The molecule has 0 bridgehead atoms. The van der Waals surface area contributed by atoms with Gasteiger partial charge in [0, 0.05) is 10.8 Å². The van der Waals surface area contributed by atoms with Crippen LogP contribution in [-0.2, 0) is 0 Å². The smallest absolute Gasteiger partial charge is 0.197 e. The standard InChI is InChI=1S/C19H23N3O3/c20-7-1-9-24-13-3-5-17-15(11-13)19(23)16-12-14(25-10-2-8-21)4-6-18(16)22-17/h3-6,11-12H,1-2,7-10,20-21H2,(H,22,23). The Hall–Kier alpha value is -2.57. The minimum Gasteiger partial charge on any atom is -0.494 e. The molecule has 0 spiro atoms. The number of benzene rings is 2. The van der Waals surface area contributed by atoms with Gasteiger partial charge < -0.3 is 25.9 Å². The van der Waals surface area contributed by atoms with Crippen LogP contribution in [0.4, 0.5) is 0 Å². The summed E-state index contributed by atoms with van der Waals surface area (Å²) in [6, 6.07) is 11.0. The molecular weight excluding hydrogens is 318 g/mol. The minimum atomic E-state index is -0.0442. The average Bonchev–Trinajstić information content (AvgIpc) is 2.63. The number of aromatic nitrogens is 1. The van der Waals surface area contributed by atoms with Crippen molar-refractivity contribution in [2.24, 2.45) is 11.5 Å². The van der Waals surface area contributed by atoms with Crippen molar-refractivity contribution < 1.29 is 9.47 Å². The largest absolute Gasteiger partial charge is 0.494 e. The van der Waals surface area contributed by atoms with Crippen LogP contribution in [0.5, 0.6) is 11.5 Å². The third-order valence-electron chi connectivity index (χ3n) is 3.98. The highest BCUT2D eigenvalue weighted by Crippen LogP contribution is 2.23. The molecule has 0 amide bonds. The lowest BCUT2D eigenvalue weighted by Crippen LogP contribution is -2.08. The molecule has 2 aromatic carbocycles. The zero-order valence-corrected chi connectivity index (χ0v) is 14.1. The van der Waals surface area contributed by atoms with Crippen molar-refractivity contribution in [3.8, 4) is 11.5 Å². The second-order valence-electron chi connectivity index (χ2n) is 5.85. The van der Waals surface area contributed by atoms with E-state index in [1.54, 1.807) is 12.1 Å². The second kappa shape index (κ2) is 8.00. The van der Waals surface area contributed by atoms with E-state index in [9.17, 15) is 4.79 Å². The van der Waals surface area contributed by atoms with Crippen molar-refractivity contribution in [2.75, 3.05) is 26.3 Å². The number of rotatable bonds is 8. The van der Waals surface area contributed by atoms with Crippen LogP contribution < -0.4 is 26.4 Å². The van der Waals surface area contributed by atoms with Gasteiger partial charge in [-0.15, -0.1) is 0 Å². The number of pyridine rings is 1. The van der Waals surface area contributed by atoms with Crippen LogP contribution >= 0.6 is 0 Å². The summed E-state index contributed by atoms with van der Waals surface area (Å²) in [6.45, 7) is 2.22. The van der Waals surface area contributed by atoms with E-state index < -0.39 is 0 Å². The Bertz CT molecular complexity index is 850. The van der Waals surface area contributed by atoms with E-state index in [0.717, 1.165) is 23.9 Å². The van der Waals surface area contributed by atoms with Gasteiger partial charge in [-0.1, -0.05) is 0 Å². The number of ether oxygens (including phenoxy) is 2. The summed E-state index contributed by atoms with van der Waals surface area (Å²) in [4.78, 5) is 16.2. The van der Waals surface area contributed by atoms with Crippen LogP contribution in [0.1, 0.15) is 12.8 Å². The fourth-order valence-electron chi connectivity index (χ4n) is 2.66. The van der Waals surface area contributed by atoms with Crippen LogP contribution in [0.3, 0.4) is 0 Å². The summed E-state index contributed by atoms with van der Waals surface area (Å²) < 4.78 is 11.3. The molecule has 0 aliphatic heterocycles. The Morgan fingerprint density at radius 3 is 1.72 bits per heavy atom. The van der Waals surface area contributed by atoms with Gasteiger partial charge in [-0.25, -0.2) is 0 Å². The van der Waals surface area contributed by atoms with Crippen LogP contribution in [-0.4, -0.2) is 31.3 Å². The number of aromatic amines is 1. The van der Waals surface area contributed by atoms with E-state index in [2.05, 4.69) is 4.98 Å². The quantitative estimate of drug-likeness (QED) is 0.430. The zero-order valence-electron chi connectivity index (χ0n) is 14.1. The van der Waals surface area contributed by atoms with Crippen LogP contribution in [0, 0.1) is 0 Å². The highest BCUT2D eigenvalue weighted by molar-refractivity contribution is 5.93. The molecule has 0 radical (unpaired) electrons. The number of nitrogens with two attached hydrogens (primary N) is 2. The zero-order chi connectivity index (χ0) is 17.6. The fraction of sp³-hybridized carbons (Fsp3) is 0.316. The predicted molar refractivity (Wildman–Crippen MR) is 100 cm³/mol. The number of hydrogen-bond donors (Lipinski definition) is 3. The first-order valence-corrected chi connectivity index (χ1v) is 8.48. The van der Waals surface area contributed by atoms with Crippen molar-refractivity contribution in [1.82, 2.24) is 4.98 Å². The molecule has 0 saturated carbocycles. The number of fused-ring (bicyclic) bond motifs is 2. The van der Waals surface area contributed by atoms with Crippen molar-refractivity contribution >= 4 is 21.8 Å². The molecule has 25 heavy (non-hydrogen) atoms. The molecule has 3 rings (SSSR count). The van der Waals surface area contributed by atoms with Gasteiger partial charge >= 0.3 is 0 Å². The maximum absolute atomic E-state index is 12.9. The Morgan fingerprint density at radius 1 is 0.800 bits per heavy atom. The van der Waals surface area contributed by atoms with Crippen LogP contribution in [0.25, 0.3) is 21.8 Å². The monoisotopic (exact) mass is 341 g/mol. The molecule has 0 aliphatic rings. The molecule has 0 fully saturated rings. The summed E-state index contributed by atoms with van der Waals surface area (Å²) in [7, 11) is 0. The third kappa shape index (κ3) is 3.92. The highest BCUT2D eigenvalue weighted by Gasteiger charge is 2.08. The second-order valence-corrected chi connectivity index (χ2v) is 5.85. The summed E-state index contributed by atoms with van der Waals surface area (Å²) in [5.41, 5.74) is 12.5. The summed E-state index contributed by atoms with van der Waals surface area (Å²) in [6.07, 6.45) is 1.55.